The summed E-state index contributed by atoms with van der Waals surface area (Å²) < 4.78 is 37.9. The number of carbonyl (C=O) groups excluding carboxylic acids is 1. The van der Waals surface area contributed by atoms with Crippen LogP contribution in [0.4, 0.5) is 13.2 Å². The van der Waals surface area contributed by atoms with Crippen LogP contribution in [0.25, 0.3) is 0 Å². The summed E-state index contributed by atoms with van der Waals surface area (Å²) in [5, 5.41) is 0. The molecular weight excluding hydrogens is 257 g/mol. The second-order valence-electron chi connectivity index (χ2n) is 5.90. The lowest BCUT2D eigenvalue weighted by Gasteiger charge is -2.36. The van der Waals surface area contributed by atoms with E-state index in [-0.39, 0.29) is 0 Å². The van der Waals surface area contributed by atoms with Crippen LogP contribution in [-0.4, -0.2) is 35.6 Å². The highest BCUT2D eigenvalue weighted by Crippen LogP contribution is 2.25. The lowest BCUT2D eigenvalue weighted by molar-refractivity contribution is -0.168. The summed E-state index contributed by atoms with van der Waals surface area (Å²) in [6, 6.07) is -1.36. The van der Waals surface area contributed by atoms with Gasteiger partial charge in [-0.25, -0.2) is 0 Å². The van der Waals surface area contributed by atoms with Crippen LogP contribution < -0.4 is 5.73 Å². The summed E-state index contributed by atoms with van der Waals surface area (Å²) in [5.41, 5.74) is 5.24. The summed E-state index contributed by atoms with van der Waals surface area (Å²) in [4.78, 5) is 13.1. The molecule has 0 radical (unpaired) electrons. The predicted octanol–water partition coefficient (Wildman–Crippen LogP) is 2.94. The number of amides is 1. The van der Waals surface area contributed by atoms with Crippen LogP contribution in [0.1, 0.15) is 47.5 Å². The zero-order valence-corrected chi connectivity index (χ0v) is 12.3. The first-order chi connectivity index (χ1) is 8.44. The van der Waals surface area contributed by atoms with Crippen molar-refractivity contribution in [2.75, 3.05) is 6.54 Å². The Balaban J connectivity index is 5.19. The zero-order valence-electron chi connectivity index (χ0n) is 12.3. The molecule has 2 N–H and O–H groups in total. The molecule has 0 saturated carbocycles. The van der Waals surface area contributed by atoms with Gasteiger partial charge < -0.3 is 10.6 Å². The first-order valence-corrected chi connectivity index (χ1v) is 6.56. The smallest absolute Gasteiger partial charge is 0.329 e. The Hall–Kier alpha value is -0.780. The summed E-state index contributed by atoms with van der Waals surface area (Å²) in [5.74, 6) is -0.626. The molecular formula is C13H25F3N2O. The topological polar surface area (TPSA) is 46.3 Å². The molecule has 0 spiro atoms. The number of alkyl halides is 3. The molecule has 0 aliphatic rings. The summed E-state index contributed by atoms with van der Waals surface area (Å²) in [6.07, 6.45) is -3.44. The van der Waals surface area contributed by atoms with Crippen LogP contribution in [0.15, 0.2) is 0 Å². The van der Waals surface area contributed by atoms with E-state index in [0.717, 1.165) is 4.90 Å². The maximum Gasteiger partial charge on any atom is 0.406 e. The minimum atomic E-state index is -4.41. The molecule has 0 fully saturated rings. The molecule has 0 aromatic rings. The Morgan fingerprint density at radius 3 is 1.84 bits per heavy atom. The van der Waals surface area contributed by atoms with Gasteiger partial charge in [-0.2, -0.15) is 13.2 Å². The lowest BCUT2D eigenvalue weighted by Crippen LogP contribution is -2.55. The fourth-order valence-electron chi connectivity index (χ4n) is 1.86. The average molecular weight is 282 g/mol. The molecule has 0 saturated heterocycles. The van der Waals surface area contributed by atoms with Crippen molar-refractivity contribution < 1.29 is 18.0 Å². The third-order valence-corrected chi connectivity index (χ3v) is 3.22. The van der Waals surface area contributed by atoms with Crippen molar-refractivity contribution in [1.29, 1.82) is 0 Å². The zero-order chi connectivity index (χ0) is 15.4. The van der Waals surface area contributed by atoms with Crippen molar-refractivity contribution in [2.24, 2.45) is 11.1 Å². The van der Waals surface area contributed by atoms with Crippen LogP contribution in [0.2, 0.25) is 0 Å². The third kappa shape index (κ3) is 5.80. The fraction of sp³-hybridized carbons (Fsp3) is 0.923. The highest BCUT2D eigenvalue weighted by Gasteiger charge is 2.39. The van der Waals surface area contributed by atoms with Gasteiger partial charge in [-0.05, 0) is 18.3 Å². The predicted molar refractivity (Wildman–Crippen MR) is 69.6 cm³/mol. The van der Waals surface area contributed by atoms with Crippen LogP contribution in [-0.2, 0) is 4.79 Å². The second-order valence-corrected chi connectivity index (χ2v) is 5.90. The highest BCUT2D eigenvalue weighted by atomic mass is 19.4. The van der Waals surface area contributed by atoms with Crippen molar-refractivity contribution in [2.45, 2.75) is 65.7 Å². The maximum atomic E-state index is 12.6. The molecule has 1 atom stereocenters. The van der Waals surface area contributed by atoms with Crippen molar-refractivity contribution >= 4 is 5.91 Å². The summed E-state index contributed by atoms with van der Waals surface area (Å²) in [6.45, 7) is 7.54. The van der Waals surface area contributed by atoms with Gasteiger partial charge in [0, 0.05) is 6.04 Å². The van der Waals surface area contributed by atoms with Crippen LogP contribution in [0.5, 0.6) is 0 Å². The highest BCUT2D eigenvalue weighted by molar-refractivity contribution is 5.82. The van der Waals surface area contributed by atoms with Crippen LogP contribution in [0, 0.1) is 5.41 Å². The minimum absolute atomic E-state index is 0.428. The third-order valence-electron chi connectivity index (χ3n) is 3.22. The average Bonchev–Trinajstić information content (AvgIpc) is 2.24. The van der Waals surface area contributed by atoms with Crippen molar-refractivity contribution in [3.63, 3.8) is 0 Å². The van der Waals surface area contributed by atoms with Gasteiger partial charge in [-0.3, -0.25) is 4.79 Å². The van der Waals surface area contributed by atoms with Crippen molar-refractivity contribution in [1.82, 2.24) is 4.90 Å². The molecule has 0 heterocycles. The van der Waals surface area contributed by atoms with E-state index < -0.39 is 36.1 Å². The molecule has 3 nitrogen and oxygen atoms in total. The Bertz CT molecular complexity index is 293. The van der Waals surface area contributed by atoms with E-state index in [0.29, 0.717) is 12.8 Å². The molecule has 6 heteroatoms. The quantitative estimate of drug-likeness (QED) is 0.842. The molecule has 0 aromatic heterocycles. The number of halogens is 3. The van der Waals surface area contributed by atoms with Crippen molar-refractivity contribution in [3.05, 3.63) is 0 Å². The molecule has 19 heavy (non-hydrogen) atoms. The van der Waals surface area contributed by atoms with E-state index in [9.17, 15) is 18.0 Å². The van der Waals surface area contributed by atoms with E-state index in [1.54, 1.807) is 34.6 Å². The Morgan fingerprint density at radius 1 is 1.16 bits per heavy atom. The Kier molecular flexibility index (Phi) is 6.32. The van der Waals surface area contributed by atoms with E-state index in [4.69, 9.17) is 5.73 Å². The molecule has 0 unspecified atom stereocenters. The molecule has 0 aromatic carbocycles. The van der Waals surface area contributed by atoms with Gasteiger partial charge in [0.05, 0.1) is 6.04 Å². The first kappa shape index (κ1) is 18.2. The SMILES string of the molecule is CCC(CC)N(CC(F)(F)F)C(=O)[C@@H](N)C(C)(C)C. The standard InChI is InChI=1S/C13H25F3N2O/c1-6-9(7-2)18(8-13(14,15)16)11(19)10(17)12(3,4)5/h9-10H,6-8,17H2,1-5H3/t10-/m1/s1. The van der Waals surface area contributed by atoms with Crippen molar-refractivity contribution in [3.8, 4) is 0 Å². The number of hydrogen-bond donors (Lipinski definition) is 1. The lowest BCUT2D eigenvalue weighted by atomic mass is 9.86. The van der Waals surface area contributed by atoms with Gasteiger partial charge in [0.15, 0.2) is 0 Å². The first-order valence-electron chi connectivity index (χ1n) is 6.56. The van der Waals surface area contributed by atoms with Gasteiger partial charge in [0.1, 0.15) is 6.54 Å². The summed E-state index contributed by atoms with van der Waals surface area (Å²) >= 11 is 0. The van der Waals surface area contributed by atoms with Crippen LogP contribution >= 0.6 is 0 Å². The number of nitrogens with zero attached hydrogens (tertiary/aromatic N) is 1. The molecule has 1 amide bonds. The van der Waals surface area contributed by atoms with Gasteiger partial charge in [0.25, 0.3) is 0 Å². The largest absolute Gasteiger partial charge is 0.406 e. The van der Waals surface area contributed by atoms with E-state index in [2.05, 4.69) is 0 Å². The molecule has 0 aliphatic heterocycles. The maximum absolute atomic E-state index is 12.6. The normalized spacial score (nSPS) is 14.6. The molecule has 114 valence electrons. The molecule has 0 aliphatic carbocycles. The minimum Gasteiger partial charge on any atom is -0.329 e. The summed E-state index contributed by atoms with van der Waals surface area (Å²) in [7, 11) is 0. The Morgan fingerprint density at radius 2 is 1.58 bits per heavy atom. The van der Waals surface area contributed by atoms with Gasteiger partial charge in [-0.15, -0.1) is 0 Å². The number of rotatable bonds is 5. The monoisotopic (exact) mass is 282 g/mol. The number of nitrogens with two attached hydrogens (primary N) is 1. The van der Waals surface area contributed by atoms with E-state index >= 15 is 0 Å². The van der Waals surface area contributed by atoms with Gasteiger partial charge in [0.2, 0.25) is 5.91 Å². The number of hydrogen-bond acceptors (Lipinski definition) is 2. The molecule has 0 bridgehead atoms. The van der Waals surface area contributed by atoms with E-state index in [1.807, 2.05) is 0 Å². The fourth-order valence-corrected chi connectivity index (χ4v) is 1.86. The van der Waals surface area contributed by atoms with Gasteiger partial charge in [-0.1, -0.05) is 34.6 Å². The Labute approximate surface area is 113 Å². The van der Waals surface area contributed by atoms with Crippen LogP contribution in [0.3, 0.4) is 0 Å². The second kappa shape index (κ2) is 6.59. The van der Waals surface area contributed by atoms with Gasteiger partial charge >= 0.3 is 6.18 Å². The van der Waals surface area contributed by atoms with E-state index in [1.165, 1.54) is 0 Å². The number of carbonyl (C=O) groups is 1. The molecule has 0 rings (SSSR count).